The molecule has 0 amide bonds. The number of carbonyl (C=O) groups is 1. The van der Waals surface area contributed by atoms with Crippen LogP contribution >= 0.6 is 0 Å². The average Bonchev–Trinajstić information content (AvgIpc) is 2.66. The number of hydrogen-bond acceptors (Lipinski definition) is 3. The average molecular weight is 377 g/mol. The molecule has 0 unspecified atom stereocenters. The van der Waals surface area contributed by atoms with Crippen molar-refractivity contribution in [1.82, 2.24) is 0 Å². The molecule has 2 atom stereocenters. The van der Waals surface area contributed by atoms with Crippen molar-refractivity contribution in [1.29, 1.82) is 0 Å². The van der Waals surface area contributed by atoms with Gasteiger partial charge in [0.25, 0.3) is 0 Å². The summed E-state index contributed by atoms with van der Waals surface area (Å²) in [4.78, 5) is 22.1. The first-order valence-electron chi connectivity index (χ1n) is 10.5. The summed E-state index contributed by atoms with van der Waals surface area (Å²) in [6, 6.07) is 10.7. The molecule has 1 aromatic rings. The normalized spacial score (nSPS) is 25.4. The van der Waals surface area contributed by atoms with E-state index >= 15 is 0 Å². The van der Waals surface area contributed by atoms with Gasteiger partial charge in [-0.25, -0.2) is 9.78 Å². The summed E-state index contributed by atoms with van der Waals surface area (Å²) in [5.41, 5.74) is 0.752. The van der Waals surface area contributed by atoms with E-state index in [9.17, 15) is 4.79 Å². The third-order valence-corrected chi connectivity index (χ3v) is 5.76. The summed E-state index contributed by atoms with van der Waals surface area (Å²) in [7, 11) is 0. The molecule has 152 valence electrons. The number of hydrogen-bond donors (Lipinski definition) is 1. The first-order chi connectivity index (χ1) is 12.9. The highest BCUT2D eigenvalue weighted by Gasteiger charge is 2.40. The van der Waals surface area contributed by atoms with Crippen molar-refractivity contribution >= 4 is 5.97 Å². The Morgan fingerprint density at radius 1 is 0.889 bits per heavy atom. The van der Waals surface area contributed by atoms with Gasteiger partial charge in [-0.2, -0.15) is 0 Å². The zero-order chi connectivity index (χ0) is 19.6. The predicted molar refractivity (Wildman–Crippen MR) is 108 cm³/mol. The Balaban J connectivity index is 1.51. The van der Waals surface area contributed by atoms with Crippen molar-refractivity contribution in [2.24, 2.45) is 0 Å². The number of carboxylic acids is 1. The Bertz CT molecular complexity index is 547. The molecule has 0 radical (unpaired) electrons. The molecule has 1 aliphatic heterocycles. The van der Waals surface area contributed by atoms with Gasteiger partial charge in [0.2, 0.25) is 0 Å². The quantitative estimate of drug-likeness (QED) is 0.354. The van der Waals surface area contributed by atoms with E-state index in [1.165, 1.54) is 44.1 Å². The second-order valence-corrected chi connectivity index (χ2v) is 8.57. The van der Waals surface area contributed by atoms with Gasteiger partial charge in [-0.3, -0.25) is 4.79 Å². The molecule has 1 aromatic carbocycles. The molecule has 0 bridgehead atoms. The minimum Gasteiger partial charge on any atom is -0.481 e. The summed E-state index contributed by atoms with van der Waals surface area (Å²) >= 11 is 0. The zero-order valence-corrected chi connectivity index (χ0v) is 17.0. The molecule has 2 rings (SSSR count). The molecule has 4 nitrogen and oxygen atoms in total. The summed E-state index contributed by atoms with van der Waals surface area (Å²) in [5.74, 6) is -0.781. The van der Waals surface area contributed by atoms with Crippen molar-refractivity contribution in [3.8, 4) is 0 Å². The lowest BCUT2D eigenvalue weighted by molar-refractivity contribution is -0.435. The molecule has 1 fully saturated rings. The number of aliphatic carboxylic acids is 1. The fraction of sp³-hybridized carbons (Fsp3) is 0.696. The first kappa shape index (κ1) is 21.9. The monoisotopic (exact) mass is 376 g/mol. The molecular formula is C23H36O4. The Hall–Kier alpha value is -1.39. The third-order valence-electron chi connectivity index (χ3n) is 5.76. The lowest BCUT2D eigenvalue weighted by atomic mass is 9.85. The van der Waals surface area contributed by atoms with Gasteiger partial charge in [-0.05, 0) is 57.9 Å². The van der Waals surface area contributed by atoms with E-state index in [1.807, 2.05) is 6.92 Å². The van der Waals surface area contributed by atoms with Crippen LogP contribution in [0.4, 0.5) is 0 Å². The highest BCUT2D eigenvalue weighted by Crippen LogP contribution is 2.38. The number of carboxylic acid groups (broad SMARTS) is 1. The number of benzene rings is 1. The maximum Gasteiger partial charge on any atom is 0.303 e. The summed E-state index contributed by atoms with van der Waals surface area (Å²) in [5, 5.41) is 8.84. The maximum absolute atomic E-state index is 10.8. The van der Waals surface area contributed by atoms with Crippen LogP contribution in [0.25, 0.3) is 0 Å². The Morgan fingerprint density at radius 2 is 1.44 bits per heavy atom. The molecule has 0 aliphatic carbocycles. The molecule has 27 heavy (non-hydrogen) atoms. The van der Waals surface area contributed by atoms with Crippen LogP contribution < -0.4 is 0 Å². The lowest BCUT2D eigenvalue weighted by Crippen LogP contribution is -2.44. The van der Waals surface area contributed by atoms with Crippen LogP contribution in [0.5, 0.6) is 0 Å². The van der Waals surface area contributed by atoms with Crippen LogP contribution in [0, 0.1) is 0 Å². The standard InChI is InChI=1S/C23H36O4/c1-22(18-19-23(2,27-26-22)17-15-21(24)25)16-11-6-4-3-5-8-12-20-13-9-7-10-14-20/h7,9-10,13-14H,3-6,8,11-12,15-19H2,1-2H3,(H,24,25)/t22-,23-/m1/s1. The van der Waals surface area contributed by atoms with Crippen LogP contribution in [-0.4, -0.2) is 22.3 Å². The van der Waals surface area contributed by atoms with Crippen molar-refractivity contribution in [3.63, 3.8) is 0 Å². The lowest BCUT2D eigenvalue weighted by Gasteiger charge is -2.41. The van der Waals surface area contributed by atoms with Crippen LogP contribution in [0.15, 0.2) is 30.3 Å². The van der Waals surface area contributed by atoms with Gasteiger partial charge in [0, 0.05) is 6.42 Å². The third kappa shape index (κ3) is 8.44. The van der Waals surface area contributed by atoms with E-state index in [4.69, 9.17) is 14.9 Å². The fourth-order valence-electron chi connectivity index (χ4n) is 3.70. The summed E-state index contributed by atoms with van der Waals surface area (Å²) in [6.45, 7) is 4.06. The fourth-order valence-corrected chi connectivity index (χ4v) is 3.70. The molecule has 0 saturated carbocycles. The van der Waals surface area contributed by atoms with E-state index in [1.54, 1.807) is 0 Å². The molecular weight excluding hydrogens is 340 g/mol. The minimum absolute atomic E-state index is 0.126. The predicted octanol–water partition coefficient (Wildman–Crippen LogP) is 6.08. The van der Waals surface area contributed by atoms with Gasteiger partial charge in [-0.1, -0.05) is 62.4 Å². The van der Waals surface area contributed by atoms with Crippen LogP contribution in [0.1, 0.15) is 90.0 Å². The van der Waals surface area contributed by atoms with Gasteiger partial charge < -0.3 is 5.11 Å². The number of rotatable bonds is 12. The van der Waals surface area contributed by atoms with E-state index in [-0.39, 0.29) is 12.0 Å². The first-order valence-corrected chi connectivity index (χ1v) is 10.5. The van der Waals surface area contributed by atoms with Gasteiger partial charge in [0.1, 0.15) is 11.2 Å². The second-order valence-electron chi connectivity index (χ2n) is 8.57. The molecule has 1 aliphatic rings. The van der Waals surface area contributed by atoms with E-state index < -0.39 is 11.6 Å². The van der Waals surface area contributed by atoms with E-state index in [2.05, 4.69) is 37.3 Å². The highest BCUT2D eigenvalue weighted by atomic mass is 17.2. The SMILES string of the molecule is C[C@@]1(CCCCCCCCc2ccccc2)CC[C@@](C)(CCC(=O)O)OO1. The van der Waals surface area contributed by atoms with Gasteiger partial charge >= 0.3 is 5.97 Å². The van der Waals surface area contributed by atoms with Crippen LogP contribution in [-0.2, 0) is 21.0 Å². The Kier molecular flexibility index (Phi) is 8.78. The summed E-state index contributed by atoms with van der Waals surface area (Å²) in [6.07, 6.45) is 12.2. The van der Waals surface area contributed by atoms with E-state index in [0.717, 1.165) is 25.7 Å². The molecule has 0 aromatic heterocycles. The second kappa shape index (κ2) is 10.8. The highest BCUT2D eigenvalue weighted by molar-refractivity contribution is 5.66. The zero-order valence-electron chi connectivity index (χ0n) is 17.0. The van der Waals surface area contributed by atoms with Crippen molar-refractivity contribution in [3.05, 3.63) is 35.9 Å². The van der Waals surface area contributed by atoms with Gasteiger partial charge in [0.05, 0.1) is 0 Å². The number of aryl methyl sites for hydroxylation is 1. The van der Waals surface area contributed by atoms with Crippen molar-refractivity contribution < 1.29 is 19.7 Å². The van der Waals surface area contributed by atoms with Crippen molar-refractivity contribution in [2.75, 3.05) is 0 Å². The molecule has 1 N–H and O–H groups in total. The van der Waals surface area contributed by atoms with Gasteiger partial charge in [0.15, 0.2) is 0 Å². The summed E-state index contributed by atoms with van der Waals surface area (Å²) < 4.78 is 0. The van der Waals surface area contributed by atoms with E-state index in [0.29, 0.717) is 6.42 Å². The molecule has 0 spiro atoms. The molecule has 1 saturated heterocycles. The maximum atomic E-state index is 10.8. The van der Waals surface area contributed by atoms with Crippen molar-refractivity contribution in [2.45, 2.75) is 102 Å². The topological polar surface area (TPSA) is 55.8 Å². The number of unbranched alkanes of at least 4 members (excludes halogenated alkanes) is 5. The van der Waals surface area contributed by atoms with Crippen LogP contribution in [0.2, 0.25) is 0 Å². The Morgan fingerprint density at radius 3 is 2.04 bits per heavy atom. The van der Waals surface area contributed by atoms with Crippen LogP contribution in [0.3, 0.4) is 0 Å². The Labute approximate surface area is 164 Å². The molecule has 4 heteroatoms. The minimum atomic E-state index is -0.781. The molecule has 1 heterocycles. The smallest absolute Gasteiger partial charge is 0.303 e. The largest absolute Gasteiger partial charge is 0.481 e. The van der Waals surface area contributed by atoms with Gasteiger partial charge in [-0.15, -0.1) is 0 Å².